The molecule has 3 aromatic carbocycles. The second-order valence-electron chi connectivity index (χ2n) is 4.02. The summed E-state index contributed by atoms with van der Waals surface area (Å²) in [5, 5.41) is 2.44. The fraction of sp³-hybridized carbons (Fsp3) is 0. The highest BCUT2D eigenvalue weighted by Crippen LogP contribution is 2.15. The largest absolute Gasteiger partial charge is 0.399 e. The van der Waals surface area contributed by atoms with Crippen molar-refractivity contribution in [2.24, 2.45) is 0 Å². The molecule has 0 aliphatic carbocycles. The molecule has 0 unspecified atom stereocenters. The minimum atomic E-state index is 0.822. The zero-order chi connectivity index (χ0) is 12.8. The summed E-state index contributed by atoms with van der Waals surface area (Å²) in [5.41, 5.74) is 12.6. The van der Waals surface area contributed by atoms with Gasteiger partial charge in [-0.15, -0.1) is 0 Å². The summed E-state index contributed by atoms with van der Waals surface area (Å²) < 4.78 is 0. The number of rotatable bonds is 0. The Kier molecular flexibility index (Phi) is 3.82. The van der Waals surface area contributed by atoms with Crippen molar-refractivity contribution in [3.05, 3.63) is 72.8 Å². The van der Waals surface area contributed by atoms with Gasteiger partial charge in [-0.2, -0.15) is 0 Å². The van der Waals surface area contributed by atoms with Crippen LogP contribution in [0.1, 0.15) is 0 Å². The van der Waals surface area contributed by atoms with Crippen molar-refractivity contribution in [1.29, 1.82) is 0 Å². The molecule has 4 N–H and O–H groups in total. The third kappa shape index (κ3) is 3.25. The average Bonchev–Trinajstić information content (AvgIpc) is 2.40. The minimum absolute atomic E-state index is 0.822. The van der Waals surface area contributed by atoms with Crippen LogP contribution in [0.3, 0.4) is 0 Å². The molecule has 90 valence electrons. The predicted octanol–water partition coefficient (Wildman–Crippen LogP) is 3.69. The highest BCUT2D eigenvalue weighted by Gasteiger charge is 1.89. The van der Waals surface area contributed by atoms with Crippen molar-refractivity contribution < 1.29 is 0 Å². The zero-order valence-corrected chi connectivity index (χ0v) is 10.1. The van der Waals surface area contributed by atoms with E-state index in [-0.39, 0.29) is 0 Å². The Bertz CT molecular complexity index is 618. The first kappa shape index (κ1) is 12.0. The van der Waals surface area contributed by atoms with Crippen molar-refractivity contribution >= 4 is 22.1 Å². The minimum Gasteiger partial charge on any atom is -0.399 e. The molecule has 0 amide bonds. The van der Waals surface area contributed by atoms with Crippen molar-refractivity contribution in [2.45, 2.75) is 0 Å². The van der Waals surface area contributed by atoms with E-state index < -0.39 is 0 Å². The van der Waals surface area contributed by atoms with Gasteiger partial charge in [0.15, 0.2) is 0 Å². The second kappa shape index (κ2) is 5.73. The summed E-state index contributed by atoms with van der Waals surface area (Å²) >= 11 is 0. The van der Waals surface area contributed by atoms with Crippen molar-refractivity contribution in [2.75, 3.05) is 11.5 Å². The Hall–Kier alpha value is -2.48. The smallest absolute Gasteiger partial charge is 0.0320 e. The molecule has 0 atom stereocenters. The number of nitrogens with two attached hydrogens (primary N) is 2. The van der Waals surface area contributed by atoms with Gasteiger partial charge < -0.3 is 11.5 Å². The molecule has 18 heavy (non-hydrogen) atoms. The fourth-order valence-corrected chi connectivity index (χ4v) is 1.66. The van der Waals surface area contributed by atoms with Gasteiger partial charge in [0.25, 0.3) is 0 Å². The molecule has 0 aliphatic rings. The number of nitrogen functional groups attached to an aromatic ring is 2. The maximum Gasteiger partial charge on any atom is 0.0320 e. The van der Waals surface area contributed by atoms with Gasteiger partial charge in [-0.05, 0) is 35.0 Å². The van der Waals surface area contributed by atoms with Crippen LogP contribution in [0, 0.1) is 0 Å². The van der Waals surface area contributed by atoms with Gasteiger partial charge in [-0.25, -0.2) is 0 Å². The maximum atomic E-state index is 5.62. The van der Waals surface area contributed by atoms with E-state index in [1.807, 2.05) is 60.7 Å². The van der Waals surface area contributed by atoms with E-state index in [1.54, 1.807) is 0 Å². The van der Waals surface area contributed by atoms with E-state index >= 15 is 0 Å². The number of hydrogen-bond donors (Lipinski definition) is 2. The number of hydrogen-bond acceptors (Lipinski definition) is 2. The van der Waals surface area contributed by atoms with Crippen LogP contribution in [0.15, 0.2) is 72.8 Å². The third-order valence-corrected chi connectivity index (χ3v) is 2.57. The molecular weight excluding hydrogens is 220 g/mol. The van der Waals surface area contributed by atoms with Crippen LogP contribution in [-0.4, -0.2) is 0 Å². The molecule has 0 heterocycles. The topological polar surface area (TPSA) is 52.0 Å². The van der Waals surface area contributed by atoms with E-state index in [9.17, 15) is 0 Å². The van der Waals surface area contributed by atoms with Gasteiger partial charge in [0.05, 0.1) is 0 Å². The summed E-state index contributed by atoms with van der Waals surface area (Å²) in [4.78, 5) is 0. The van der Waals surface area contributed by atoms with Crippen molar-refractivity contribution in [3.8, 4) is 0 Å². The van der Waals surface area contributed by atoms with Crippen LogP contribution >= 0.6 is 0 Å². The van der Waals surface area contributed by atoms with Gasteiger partial charge in [-0.3, -0.25) is 0 Å². The van der Waals surface area contributed by atoms with Crippen molar-refractivity contribution in [1.82, 2.24) is 0 Å². The van der Waals surface area contributed by atoms with Crippen LogP contribution in [-0.2, 0) is 0 Å². The van der Waals surface area contributed by atoms with Crippen LogP contribution < -0.4 is 11.5 Å². The van der Waals surface area contributed by atoms with Crippen LogP contribution in [0.25, 0.3) is 10.8 Å². The Balaban J connectivity index is 0.000000149. The summed E-state index contributed by atoms with van der Waals surface area (Å²) in [7, 11) is 0. The number of fused-ring (bicyclic) bond motifs is 1. The van der Waals surface area contributed by atoms with E-state index in [0.717, 1.165) is 11.4 Å². The Labute approximate surface area is 107 Å². The molecule has 3 rings (SSSR count). The molecule has 0 spiro atoms. The lowest BCUT2D eigenvalue weighted by Crippen LogP contribution is -1.82. The quantitative estimate of drug-likeness (QED) is 0.585. The van der Waals surface area contributed by atoms with Crippen LogP contribution in [0.2, 0.25) is 0 Å². The third-order valence-electron chi connectivity index (χ3n) is 2.57. The first-order valence-electron chi connectivity index (χ1n) is 5.80. The lowest BCUT2D eigenvalue weighted by Gasteiger charge is -1.96. The SMILES string of the molecule is Nc1ccc2ccccc2c1.Nc1ccccc1. The highest BCUT2D eigenvalue weighted by atomic mass is 14.5. The first-order valence-corrected chi connectivity index (χ1v) is 5.80. The van der Waals surface area contributed by atoms with E-state index in [1.165, 1.54) is 10.8 Å². The Morgan fingerprint density at radius 3 is 1.72 bits per heavy atom. The Morgan fingerprint density at radius 1 is 0.500 bits per heavy atom. The van der Waals surface area contributed by atoms with E-state index in [0.29, 0.717) is 0 Å². The van der Waals surface area contributed by atoms with Gasteiger partial charge in [-0.1, -0.05) is 48.5 Å². The van der Waals surface area contributed by atoms with Gasteiger partial charge in [0.2, 0.25) is 0 Å². The molecule has 0 saturated carbocycles. The van der Waals surface area contributed by atoms with Crippen LogP contribution in [0.5, 0.6) is 0 Å². The predicted molar refractivity (Wildman–Crippen MR) is 79.2 cm³/mol. The number of anilines is 2. The average molecular weight is 236 g/mol. The maximum absolute atomic E-state index is 5.62. The molecule has 2 heteroatoms. The molecule has 0 aliphatic heterocycles. The summed E-state index contributed by atoms with van der Waals surface area (Å²) in [6.07, 6.45) is 0. The molecule has 0 saturated heterocycles. The monoisotopic (exact) mass is 236 g/mol. The zero-order valence-electron chi connectivity index (χ0n) is 10.1. The lowest BCUT2D eigenvalue weighted by molar-refractivity contribution is 1.69. The molecule has 0 radical (unpaired) electrons. The molecule has 3 aromatic rings. The molecule has 0 aromatic heterocycles. The lowest BCUT2D eigenvalue weighted by atomic mass is 10.1. The summed E-state index contributed by atoms with van der Waals surface area (Å²) in [6.45, 7) is 0. The second-order valence-corrected chi connectivity index (χ2v) is 4.02. The molecule has 0 fully saturated rings. The van der Waals surface area contributed by atoms with E-state index in [2.05, 4.69) is 12.1 Å². The van der Waals surface area contributed by atoms with Gasteiger partial charge in [0, 0.05) is 11.4 Å². The van der Waals surface area contributed by atoms with Crippen LogP contribution in [0.4, 0.5) is 11.4 Å². The van der Waals surface area contributed by atoms with E-state index in [4.69, 9.17) is 11.5 Å². The number of benzene rings is 3. The standard InChI is InChI=1S/C10H9N.C6H7N/c11-10-6-5-8-3-1-2-4-9(8)7-10;7-6-4-2-1-3-5-6/h1-7H,11H2;1-5H,7H2. The molecule has 2 nitrogen and oxygen atoms in total. The van der Waals surface area contributed by atoms with Gasteiger partial charge >= 0.3 is 0 Å². The molecule has 0 bridgehead atoms. The molecular formula is C16H16N2. The Morgan fingerprint density at radius 2 is 1.11 bits per heavy atom. The first-order chi connectivity index (χ1) is 8.75. The fourth-order valence-electron chi connectivity index (χ4n) is 1.66. The van der Waals surface area contributed by atoms with Gasteiger partial charge in [0.1, 0.15) is 0 Å². The van der Waals surface area contributed by atoms with Crippen molar-refractivity contribution in [3.63, 3.8) is 0 Å². The highest BCUT2D eigenvalue weighted by molar-refractivity contribution is 5.85. The normalized spacial score (nSPS) is 9.56. The summed E-state index contributed by atoms with van der Waals surface area (Å²) in [5.74, 6) is 0. The summed E-state index contributed by atoms with van der Waals surface area (Å²) in [6, 6.07) is 23.6. The number of para-hydroxylation sites is 1.